The third kappa shape index (κ3) is 3.70. The van der Waals surface area contributed by atoms with E-state index in [1.807, 2.05) is 6.26 Å². The Balaban J connectivity index is 2.39. The minimum atomic E-state index is -0.361. The molecule has 2 rings (SSSR count). The number of methoxy groups -OCH3 is 3. The van der Waals surface area contributed by atoms with Crippen molar-refractivity contribution in [1.29, 1.82) is 0 Å². The van der Waals surface area contributed by atoms with Crippen LogP contribution in [-0.4, -0.2) is 43.7 Å². The predicted molar refractivity (Wildman–Crippen MR) is 93.4 cm³/mol. The van der Waals surface area contributed by atoms with Crippen LogP contribution in [0.5, 0.6) is 17.2 Å². The second-order valence-electron chi connectivity index (χ2n) is 4.04. The molecular weight excluding hydrogens is 406 g/mol. The molecule has 1 aromatic carbocycles. The first-order chi connectivity index (χ1) is 11.0. The molecule has 0 radical (unpaired) electrons. The average Bonchev–Trinajstić information content (AvgIpc) is 3.01. The first kappa shape index (κ1) is 17.8. The van der Waals surface area contributed by atoms with E-state index >= 15 is 0 Å². The second kappa shape index (κ2) is 7.84. The summed E-state index contributed by atoms with van der Waals surface area (Å²) in [6, 6.07) is 1.57. The lowest BCUT2D eigenvalue weighted by Crippen LogP contribution is -2.13. The van der Waals surface area contributed by atoms with Crippen LogP contribution in [0.2, 0.25) is 0 Å². The van der Waals surface area contributed by atoms with Crippen LogP contribution < -0.4 is 19.5 Å². The second-order valence-corrected chi connectivity index (χ2v) is 6.86. The molecule has 0 aliphatic rings. The summed E-state index contributed by atoms with van der Waals surface area (Å²) in [5.74, 6) is 0.803. The molecule has 7 nitrogen and oxygen atoms in total. The monoisotopic (exact) mass is 419 g/mol. The van der Waals surface area contributed by atoms with Gasteiger partial charge in [0.05, 0.1) is 31.4 Å². The zero-order valence-electron chi connectivity index (χ0n) is 12.8. The van der Waals surface area contributed by atoms with Gasteiger partial charge in [-0.05, 0) is 28.3 Å². The van der Waals surface area contributed by atoms with Crippen LogP contribution in [0.3, 0.4) is 0 Å². The number of carbonyl (C=O) groups excluding carboxylic acids is 1. The Morgan fingerprint density at radius 2 is 1.91 bits per heavy atom. The van der Waals surface area contributed by atoms with Crippen molar-refractivity contribution < 1.29 is 19.0 Å². The highest BCUT2D eigenvalue weighted by atomic mass is 79.9. The molecule has 1 N–H and O–H groups in total. The van der Waals surface area contributed by atoms with E-state index in [0.717, 1.165) is 4.34 Å². The van der Waals surface area contributed by atoms with Crippen molar-refractivity contribution in [1.82, 2.24) is 10.2 Å². The molecule has 124 valence electrons. The summed E-state index contributed by atoms with van der Waals surface area (Å²) in [4.78, 5) is 12.5. The van der Waals surface area contributed by atoms with Gasteiger partial charge in [0, 0.05) is 0 Å². The largest absolute Gasteiger partial charge is 0.493 e. The number of halogens is 1. The minimum Gasteiger partial charge on any atom is -0.493 e. The number of nitrogens with one attached hydrogen (secondary N) is 1. The number of carbonyl (C=O) groups is 1. The Bertz CT molecular complexity index is 723. The van der Waals surface area contributed by atoms with Crippen molar-refractivity contribution in [2.24, 2.45) is 0 Å². The Labute approximate surface area is 149 Å². The van der Waals surface area contributed by atoms with E-state index in [0.29, 0.717) is 32.4 Å². The highest BCUT2D eigenvalue weighted by Gasteiger charge is 2.23. The van der Waals surface area contributed by atoms with Crippen LogP contribution in [0.15, 0.2) is 14.9 Å². The lowest BCUT2D eigenvalue weighted by molar-refractivity contribution is 0.102. The highest BCUT2D eigenvalue weighted by molar-refractivity contribution is 9.10. The molecule has 10 heteroatoms. The fourth-order valence-corrected chi connectivity index (χ4v) is 3.60. The zero-order valence-corrected chi connectivity index (χ0v) is 16.0. The molecule has 1 aromatic heterocycles. The molecule has 0 aliphatic carbocycles. The quantitative estimate of drug-likeness (QED) is 0.567. The molecule has 0 aliphatic heterocycles. The highest BCUT2D eigenvalue weighted by Crippen LogP contribution is 2.44. The normalized spacial score (nSPS) is 10.3. The topological polar surface area (TPSA) is 82.6 Å². The maximum absolute atomic E-state index is 12.5. The van der Waals surface area contributed by atoms with Crippen molar-refractivity contribution in [2.75, 3.05) is 32.9 Å². The van der Waals surface area contributed by atoms with Gasteiger partial charge in [0.25, 0.3) is 5.91 Å². The molecule has 0 atom stereocenters. The van der Waals surface area contributed by atoms with Crippen LogP contribution in [0, 0.1) is 0 Å². The average molecular weight is 420 g/mol. The number of benzene rings is 1. The van der Waals surface area contributed by atoms with Gasteiger partial charge in [0.1, 0.15) is 0 Å². The molecular formula is C13H14BrN3O4S2. The zero-order chi connectivity index (χ0) is 17.0. The summed E-state index contributed by atoms with van der Waals surface area (Å²) in [5.41, 5.74) is 0.334. The van der Waals surface area contributed by atoms with Crippen molar-refractivity contribution in [3.05, 3.63) is 16.1 Å². The van der Waals surface area contributed by atoms with E-state index in [-0.39, 0.29) is 5.91 Å². The van der Waals surface area contributed by atoms with Gasteiger partial charge in [-0.25, -0.2) is 0 Å². The number of amides is 1. The van der Waals surface area contributed by atoms with E-state index in [1.165, 1.54) is 44.4 Å². The predicted octanol–water partition coefficient (Wildman–Crippen LogP) is 3.30. The molecule has 1 heterocycles. The van der Waals surface area contributed by atoms with Crippen molar-refractivity contribution in [3.8, 4) is 17.2 Å². The number of rotatable bonds is 6. The molecule has 1 amide bonds. The van der Waals surface area contributed by atoms with Crippen molar-refractivity contribution >= 4 is 50.1 Å². The van der Waals surface area contributed by atoms with Gasteiger partial charge in [0.15, 0.2) is 15.8 Å². The van der Waals surface area contributed by atoms with E-state index in [4.69, 9.17) is 14.2 Å². The van der Waals surface area contributed by atoms with Crippen molar-refractivity contribution in [2.45, 2.75) is 4.34 Å². The molecule has 0 bridgehead atoms. The Hall–Kier alpha value is -1.52. The summed E-state index contributed by atoms with van der Waals surface area (Å²) in [6.07, 6.45) is 1.89. The molecule has 23 heavy (non-hydrogen) atoms. The smallest absolute Gasteiger partial charge is 0.258 e. The van der Waals surface area contributed by atoms with Gasteiger partial charge in [-0.3, -0.25) is 10.1 Å². The lowest BCUT2D eigenvalue weighted by atomic mass is 10.1. The van der Waals surface area contributed by atoms with Gasteiger partial charge in [-0.2, -0.15) is 0 Å². The number of thioether (sulfide) groups is 1. The summed E-state index contributed by atoms with van der Waals surface area (Å²) in [6.45, 7) is 0. The Kier molecular flexibility index (Phi) is 6.08. The SMILES string of the molecule is COc1cc(C(=O)Nc2nnc(SC)s2)c(Br)c(OC)c1OC. The first-order valence-electron chi connectivity index (χ1n) is 6.23. The minimum absolute atomic E-state index is 0.334. The van der Waals surface area contributed by atoms with Gasteiger partial charge < -0.3 is 14.2 Å². The maximum atomic E-state index is 12.5. The summed E-state index contributed by atoms with van der Waals surface area (Å²) in [5, 5.41) is 11.0. The van der Waals surface area contributed by atoms with E-state index in [1.54, 1.807) is 6.07 Å². The lowest BCUT2D eigenvalue weighted by Gasteiger charge is -2.16. The molecule has 2 aromatic rings. The van der Waals surface area contributed by atoms with Gasteiger partial charge in [0.2, 0.25) is 10.9 Å². The van der Waals surface area contributed by atoms with Crippen LogP contribution >= 0.6 is 39.0 Å². The summed E-state index contributed by atoms with van der Waals surface area (Å²) in [7, 11) is 4.47. The summed E-state index contributed by atoms with van der Waals surface area (Å²) >= 11 is 6.13. The number of hydrogen-bond donors (Lipinski definition) is 1. The third-order valence-corrected chi connectivity index (χ3v) is 5.42. The van der Waals surface area contributed by atoms with Crippen LogP contribution in [0.1, 0.15) is 10.4 Å². The molecule has 0 saturated heterocycles. The van der Waals surface area contributed by atoms with E-state index < -0.39 is 0 Å². The molecule has 0 unspecified atom stereocenters. The van der Waals surface area contributed by atoms with Gasteiger partial charge >= 0.3 is 0 Å². The van der Waals surface area contributed by atoms with Gasteiger partial charge in [-0.15, -0.1) is 10.2 Å². The van der Waals surface area contributed by atoms with Gasteiger partial charge in [-0.1, -0.05) is 23.1 Å². The van der Waals surface area contributed by atoms with Crippen LogP contribution in [0.25, 0.3) is 0 Å². The number of hydrogen-bond acceptors (Lipinski definition) is 8. The van der Waals surface area contributed by atoms with Crippen molar-refractivity contribution in [3.63, 3.8) is 0 Å². The molecule has 0 fully saturated rings. The van der Waals surface area contributed by atoms with Crippen LogP contribution in [-0.2, 0) is 0 Å². The number of anilines is 1. The fourth-order valence-electron chi connectivity index (χ4n) is 1.79. The van der Waals surface area contributed by atoms with E-state index in [9.17, 15) is 4.79 Å². The fraction of sp³-hybridized carbons (Fsp3) is 0.308. The first-order valence-corrected chi connectivity index (χ1v) is 9.06. The van der Waals surface area contributed by atoms with Crippen LogP contribution in [0.4, 0.5) is 5.13 Å². The number of aromatic nitrogens is 2. The number of ether oxygens (including phenoxy) is 3. The number of nitrogens with zero attached hydrogens (tertiary/aromatic N) is 2. The third-order valence-electron chi connectivity index (χ3n) is 2.82. The Morgan fingerprint density at radius 3 is 2.43 bits per heavy atom. The standard InChI is InChI=1S/C13H14BrN3O4S2/c1-19-7-5-6(8(14)10(21-3)9(7)20-2)11(18)15-12-16-17-13(22-4)23-12/h5H,1-4H3,(H,15,16,18). The maximum Gasteiger partial charge on any atom is 0.258 e. The Morgan fingerprint density at radius 1 is 1.22 bits per heavy atom. The molecule has 0 saturated carbocycles. The molecule has 0 spiro atoms. The van der Waals surface area contributed by atoms with E-state index in [2.05, 4.69) is 31.4 Å². The summed E-state index contributed by atoms with van der Waals surface area (Å²) < 4.78 is 17.1.